The summed E-state index contributed by atoms with van der Waals surface area (Å²) in [6.07, 6.45) is 16.1. The highest BCUT2D eigenvalue weighted by Gasteiger charge is 2.26. The SMILES string of the molecule is [CH2][CH]COP(=O)(O)OCCNC(=O)CNC(=O)CNC(=O)CNC(=O)/C=C(C)/C=C/C=C(C)/C=C/C1=C(C)CCCC1(C)C. The molecule has 0 bridgehead atoms. The van der Waals surface area contributed by atoms with Crippen molar-refractivity contribution in [3.05, 3.63) is 72.1 Å². The van der Waals surface area contributed by atoms with Crippen LogP contribution in [0.2, 0.25) is 0 Å². The number of hydrogen-bond donors (Lipinski definition) is 5. The smallest absolute Gasteiger partial charge is 0.352 e. The van der Waals surface area contributed by atoms with Gasteiger partial charge in [0, 0.05) is 12.6 Å². The Morgan fingerprint density at radius 3 is 2.18 bits per heavy atom. The molecule has 0 heterocycles. The molecule has 13 heteroatoms. The Morgan fingerprint density at radius 2 is 1.57 bits per heavy atom. The molecular weight excluding hydrogens is 587 g/mol. The lowest BCUT2D eigenvalue weighted by Gasteiger charge is -2.32. The van der Waals surface area contributed by atoms with Crippen molar-refractivity contribution in [3.63, 3.8) is 0 Å². The minimum absolute atomic E-state index is 0.0958. The average Bonchev–Trinajstić information content (AvgIpc) is 2.94. The van der Waals surface area contributed by atoms with Gasteiger partial charge in [-0.15, -0.1) is 0 Å². The molecule has 1 atom stereocenters. The summed E-state index contributed by atoms with van der Waals surface area (Å²) in [4.78, 5) is 57.1. The van der Waals surface area contributed by atoms with E-state index in [-0.39, 0.29) is 38.3 Å². The minimum Gasteiger partial charge on any atom is -0.352 e. The van der Waals surface area contributed by atoms with Crippen LogP contribution in [0.25, 0.3) is 0 Å². The van der Waals surface area contributed by atoms with Gasteiger partial charge in [-0.05, 0) is 69.9 Å². The molecule has 1 unspecified atom stereocenters. The highest BCUT2D eigenvalue weighted by atomic mass is 31.2. The molecule has 2 radical (unpaired) electrons. The zero-order chi connectivity index (χ0) is 33.2. The summed E-state index contributed by atoms with van der Waals surface area (Å²) in [6, 6.07) is 0. The maximum atomic E-state index is 12.1. The van der Waals surface area contributed by atoms with Gasteiger partial charge in [0.1, 0.15) is 0 Å². The normalized spacial score (nSPS) is 17.0. The number of carbonyl (C=O) groups is 4. The van der Waals surface area contributed by atoms with Crippen molar-refractivity contribution < 1.29 is 37.7 Å². The average molecular weight is 635 g/mol. The predicted molar refractivity (Wildman–Crippen MR) is 170 cm³/mol. The summed E-state index contributed by atoms with van der Waals surface area (Å²) >= 11 is 0. The van der Waals surface area contributed by atoms with Crippen LogP contribution in [0.15, 0.2) is 58.7 Å². The van der Waals surface area contributed by atoms with E-state index in [9.17, 15) is 28.6 Å². The van der Waals surface area contributed by atoms with Crippen LogP contribution in [0, 0.1) is 18.8 Å². The number of phosphoric acid groups is 1. The van der Waals surface area contributed by atoms with Gasteiger partial charge in [-0.1, -0.05) is 55.4 Å². The molecule has 0 aromatic rings. The van der Waals surface area contributed by atoms with Gasteiger partial charge in [-0.25, -0.2) is 4.57 Å². The predicted octanol–water partition coefficient (Wildman–Crippen LogP) is 3.15. The number of hydrogen-bond acceptors (Lipinski definition) is 7. The molecule has 4 amide bonds. The number of nitrogens with one attached hydrogen (secondary N) is 4. The van der Waals surface area contributed by atoms with Crippen LogP contribution in [0.3, 0.4) is 0 Å². The van der Waals surface area contributed by atoms with Crippen LogP contribution in [0.5, 0.6) is 0 Å². The van der Waals surface area contributed by atoms with E-state index in [1.807, 2.05) is 19.1 Å². The lowest BCUT2D eigenvalue weighted by molar-refractivity contribution is -0.128. The van der Waals surface area contributed by atoms with Gasteiger partial charge in [0.25, 0.3) is 0 Å². The van der Waals surface area contributed by atoms with E-state index in [0.717, 1.165) is 12.0 Å². The van der Waals surface area contributed by atoms with Crippen molar-refractivity contribution in [2.45, 2.75) is 53.9 Å². The quantitative estimate of drug-likeness (QED) is 0.0662. The van der Waals surface area contributed by atoms with E-state index in [1.165, 1.54) is 36.5 Å². The lowest BCUT2D eigenvalue weighted by atomic mass is 9.72. The number of carbonyl (C=O) groups excluding carboxylic acids is 4. The van der Waals surface area contributed by atoms with E-state index in [2.05, 4.69) is 70.2 Å². The van der Waals surface area contributed by atoms with Crippen molar-refractivity contribution in [2.24, 2.45) is 5.41 Å². The monoisotopic (exact) mass is 634 g/mol. The van der Waals surface area contributed by atoms with Crippen molar-refractivity contribution in [1.29, 1.82) is 0 Å². The fourth-order valence-electron chi connectivity index (χ4n) is 4.19. The molecule has 0 aliphatic heterocycles. The zero-order valence-electron chi connectivity index (χ0n) is 26.4. The fraction of sp³-hybridized carbons (Fsp3) is 0.484. The van der Waals surface area contributed by atoms with Gasteiger partial charge in [0.15, 0.2) is 0 Å². The Kier molecular flexibility index (Phi) is 17.5. The Hall–Kier alpha value is -3.31. The maximum absolute atomic E-state index is 12.1. The van der Waals surface area contributed by atoms with Crippen LogP contribution in [0.1, 0.15) is 53.9 Å². The fourth-order valence-corrected chi connectivity index (χ4v) is 4.88. The second-order valence-corrected chi connectivity index (χ2v) is 12.4. The highest BCUT2D eigenvalue weighted by Crippen LogP contribution is 2.43. The first-order valence-corrected chi connectivity index (χ1v) is 15.9. The summed E-state index contributed by atoms with van der Waals surface area (Å²) in [5, 5.41) is 9.48. The van der Waals surface area contributed by atoms with E-state index in [4.69, 9.17) is 0 Å². The molecule has 0 fully saturated rings. The van der Waals surface area contributed by atoms with Crippen molar-refractivity contribution >= 4 is 31.5 Å². The molecule has 244 valence electrons. The van der Waals surface area contributed by atoms with E-state index >= 15 is 0 Å². The van der Waals surface area contributed by atoms with Crippen molar-refractivity contribution in [2.75, 3.05) is 39.4 Å². The van der Waals surface area contributed by atoms with Gasteiger partial charge >= 0.3 is 7.82 Å². The number of allylic oxidation sites excluding steroid dienone is 9. The van der Waals surface area contributed by atoms with Crippen LogP contribution >= 0.6 is 7.82 Å². The van der Waals surface area contributed by atoms with Crippen LogP contribution in [0.4, 0.5) is 0 Å². The third-order valence-electron chi connectivity index (χ3n) is 6.48. The van der Waals surface area contributed by atoms with Crippen molar-refractivity contribution in [1.82, 2.24) is 21.3 Å². The highest BCUT2D eigenvalue weighted by molar-refractivity contribution is 7.47. The minimum atomic E-state index is -4.23. The summed E-state index contributed by atoms with van der Waals surface area (Å²) in [5.74, 6) is -2.24. The van der Waals surface area contributed by atoms with Gasteiger partial charge < -0.3 is 26.2 Å². The molecular formula is C31H47N4O8P. The Morgan fingerprint density at radius 1 is 0.955 bits per heavy atom. The first kappa shape index (κ1) is 38.7. The van der Waals surface area contributed by atoms with Gasteiger partial charge in [0.05, 0.1) is 32.8 Å². The topological polar surface area (TPSA) is 172 Å². The molecule has 0 saturated carbocycles. The third-order valence-corrected chi connectivity index (χ3v) is 7.47. The van der Waals surface area contributed by atoms with Crippen LogP contribution in [-0.2, 0) is 32.8 Å². The molecule has 0 aromatic carbocycles. The Bertz CT molecular complexity index is 1220. The molecule has 0 saturated heterocycles. The maximum Gasteiger partial charge on any atom is 0.472 e. The Balaban J connectivity index is 2.32. The van der Waals surface area contributed by atoms with E-state index in [0.29, 0.717) is 5.57 Å². The van der Waals surface area contributed by atoms with Gasteiger partial charge in [0.2, 0.25) is 23.6 Å². The van der Waals surface area contributed by atoms with Crippen LogP contribution in [-0.4, -0.2) is 67.9 Å². The molecule has 0 aromatic heterocycles. The second-order valence-electron chi connectivity index (χ2n) is 10.9. The van der Waals surface area contributed by atoms with E-state index in [1.54, 1.807) is 13.0 Å². The van der Waals surface area contributed by atoms with Crippen LogP contribution < -0.4 is 21.3 Å². The summed E-state index contributed by atoms with van der Waals surface area (Å²) in [5.41, 5.74) is 4.80. The Labute approximate surface area is 261 Å². The number of rotatable bonds is 18. The zero-order valence-corrected chi connectivity index (χ0v) is 27.3. The largest absolute Gasteiger partial charge is 0.472 e. The molecule has 5 N–H and O–H groups in total. The molecule has 1 aliphatic rings. The molecule has 44 heavy (non-hydrogen) atoms. The first-order chi connectivity index (χ1) is 20.6. The molecule has 12 nitrogen and oxygen atoms in total. The van der Waals surface area contributed by atoms with Gasteiger partial charge in [-0.2, -0.15) is 0 Å². The summed E-state index contributed by atoms with van der Waals surface area (Å²) in [6.45, 7) is 12.2. The number of phosphoric ester groups is 1. The second kappa shape index (κ2) is 19.9. The standard InChI is InChI=1S/C31H47N4O8P/c1-7-17-42-44(40,41)43-18-16-32-28(37)20-34-30(39)22-35-29(38)21-33-27(36)19-24(3)11-8-10-23(2)13-14-26-25(4)12-9-15-31(26,5)6/h7-8,10-11,13-14,19H,1,9,12,15-18,20-22H2,2-6H3,(H,32,37)(H,33,36)(H,34,39)(H,35,38)(H,40,41)/b11-8+,14-13+,23-10+,24-19+. The van der Waals surface area contributed by atoms with Gasteiger partial charge in [-0.3, -0.25) is 28.2 Å². The molecule has 1 aliphatic carbocycles. The van der Waals surface area contributed by atoms with Crippen molar-refractivity contribution in [3.8, 4) is 0 Å². The number of amides is 4. The lowest BCUT2D eigenvalue weighted by Crippen LogP contribution is -2.44. The first-order valence-electron chi connectivity index (χ1n) is 14.4. The summed E-state index contributed by atoms with van der Waals surface area (Å²) in [7, 11) is -4.23. The molecule has 0 spiro atoms. The summed E-state index contributed by atoms with van der Waals surface area (Å²) < 4.78 is 20.6. The third kappa shape index (κ3) is 17.1. The van der Waals surface area contributed by atoms with E-state index < -0.39 is 38.0 Å². The molecule has 1 rings (SSSR count).